The normalized spacial score (nSPS) is 10.2. The third-order valence-electron chi connectivity index (χ3n) is 3.42. The molecule has 0 saturated carbocycles. The molecule has 0 amide bonds. The first-order valence-corrected chi connectivity index (χ1v) is 7.43. The predicted octanol–water partition coefficient (Wildman–Crippen LogP) is 3.68. The largest absolute Gasteiger partial charge is 0.493 e. The maximum absolute atomic E-state index is 11.1. The molecule has 2 rings (SSSR count). The first kappa shape index (κ1) is 17.7. The van der Waals surface area contributed by atoms with Crippen molar-refractivity contribution in [3.63, 3.8) is 0 Å². The van der Waals surface area contributed by atoms with Gasteiger partial charge in [0.1, 0.15) is 0 Å². The summed E-state index contributed by atoms with van der Waals surface area (Å²) in [6.45, 7) is 0.402. The van der Waals surface area contributed by atoms with Crippen molar-refractivity contribution < 1.29 is 24.1 Å². The Kier molecular flexibility index (Phi) is 5.76. The Hall–Kier alpha value is -2.60. The van der Waals surface area contributed by atoms with Crippen LogP contribution in [0.1, 0.15) is 15.9 Å². The number of ether oxygens (including phenoxy) is 3. The van der Waals surface area contributed by atoms with Crippen LogP contribution in [0, 0.1) is 0 Å². The highest BCUT2D eigenvalue weighted by Gasteiger charge is 2.13. The predicted molar refractivity (Wildman–Crippen MR) is 91.8 cm³/mol. The number of rotatable bonds is 7. The molecule has 6 nitrogen and oxygen atoms in total. The van der Waals surface area contributed by atoms with Crippen LogP contribution in [-0.2, 0) is 6.54 Å². The van der Waals surface area contributed by atoms with E-state index in [-0.39, 0.29) is 5.56 Å². The number of carboxylic acids is 1. The molecule has 0 radical (unpaired) electrons. The summed E-state index contributed by atoms with van der Waals surface area (Å²) in [7, 11) is 4.62. The quantitative estimate of drug-likeness (QED) is 0.792. The van der Waals surface area contributed by atoms with Gasteiger partial charge in [0.05, 0.1) is 37.6 Å². The molecule has 2 aromatic rings. The van der Waals surface area contributed by atoms with Gasteiger partial charge in [-0.2, -0.15) is 0 Å². The van der Waals surface area contributed by atoms with E-state index in [1.165, 1.54) is 19.2 Å². The molecule has 0 aliphatic rings. The average Bonchev–Trinajstić information content (AvgIpc) is 2.59. The molecule has 0 atom stereocenters. The highest BCUT2D eigenvalue weighted by molar-refractivity contribution is 6.33. The van der Waals surface area contributed by atoms with Crippen LogP contribution < -0.4 is 19.5 Å². The van der Waals surface area contributed by atoms with E-state index in [4.69, 9.17) is 30.9 Å². The van der Waals surface area contributed by atoms with Gasteiger partial charge in [0.15, 0.2) is 11.5 Å². The fourth-order valence-corrected chi connectivity index (χ4v) is 2.41. The van der Waals surface area contributed by atoms with Crippen LogP contribution in [0.5, 0.6) is 17.2 Å². The zero-order valence-electron chi connectivity index (χ0n) is 13.6. The van der Waals surface area contributed by atoms with E-state index in [2.05, 4.69) is 5.32 Å². The van der Waals surface area contributed by atoms with Crippen LogP contribution in [0.2, 0.25) is 5.02 Å². The second kappa shape index (κ2) is 7.79. The highest BCUT2D eigenvalue weighted by atomic mass is 35.5. The molecule has 0 aromatic heterocycles. The summed E-state index contributed by atoms with van der Waals surface area (Å²) in [5.41, 5.74) is 1.55. The average molecular weight is 352 g/mol. The number of carbonyl (C=O) groups is 1. The zero-order chi connectivity index (χ0) is 17.7. The minimum Gasteiger partial charge on any atom is -0.493 e. The molecule has 0 spiro atoms. The first-order chi connectivity index (χ1) is 11.5. The fraction of sp³-hybridized carbons (Fsp3) is 0.235. The standard InChI is InChI=1S/C17H18ClNO5/c1-22-14-6-10(7-15(23-2)16(14)24-3)9-19-13-8-11(17(20)21)4-5-12(13)18/h4-8,19H,9H2,1-3H3,(H,20,21). The summed E-state index contributed by atoms with van der Waals surface area (Å²) in [5.74, 6) is 0.579. The number of aromatic carboxylic acids is 1. The lowest BCUT2D eigenvalue weighted by Gasteiger charge is -2.15. The smallest absolute Gasteiger partial charge is 0.335 e. The molecule has 0 bridgehead atoms. The van der Waals surface area contributed by atoms with E-state index in [9.17, 15) is 4.79 Å². The van der Waals surface area contributed by atoms with E-state index in [0.717, 1.165) is 5.56 Å². The summed E-state index contributed by atoms with van der Waals surface area (Å²) < 4.78 is 15.9. The monoisotopic (exact) mass is 351 g/mol. The summed E-state index contributed by atoms with van der Waals surface area (Å²) in [4.78, 5) is 11.1. The Morgan fingerprint density at radius 1 is 1.08 bits per heavy atom. The summed E-state index contributed by atoms with van der Waals surface area (Å²) in [6, 6.07) is 8.10. The van der Waals surface area contributed by atoms with E-state index < -0.39 is 5.97 Å². The van der Waals surface area contributed by atoms with Gasteiger partial charge < -0.3 is 24.6 Å². The molecular weight excluding hydrogens is 334 g/mol. The molecule has 0 aliphatic heterocycles. The Morgan fingerprint density at radius 2 is 1.71 bits per heavy atom. The molecule has 0 unspecified atom stereocenters. The number of anilines is 1. The van der Waals surface area contributed by atoms with Gasteiger partial charge in [0, 0.05) is 6.54 Å². The molecule has 0 fully saturated rings. The van der Waals surface area contributed by atoms with Crippen molar-refractivity contribution in [2.75, 3.05) is 26.6 Å². The maximum atomic E-state index is 11.1. The molecule has 2 N–H and O–H groups in total. The van der Waals surface area contributed by atoms with E-state index in [1.807, 2.05) is 12.1 Å². The van der Waals surface area contributed by atoms with Crippen molar-refractivity contribution in [3.8, 4) is 17.2 Å². The van der Waals surface area contributed by atoms with Crippen LogP contribution in [0.3, 0.4) is 0 Å². The zero-order valence-corrected chi connectivity index (χ0v) is 14.3. The molecule has 7 heteroatoms. The van der Waals surface area contributed by atoms with Crippen LogP contribution in [0.4, 0.5) is 5.69 Å². The molecule has 128 valence electrons. The van der Waals surface area contributed by atoms with Gasteiger partial charge >= 0.3 is 5.97 Å². The summed E-state index contributed by atoms with van der Waals surface area (Å²) in [6.07, 6.45) is 0. The van der Waals surface area contributed by atoms with Gasteiger partial charge in [-0.05, 0) is 35.9 Å². The van der Waals surface area contributed by atoms with Crippen LogP contribution in [0.15, 0.2) is 30.3 Å². The Labute approximate surface area is 144 Å². The number of halogens is 1. The van der Waals surface area contributed by atoms with Crippen molar-refractivity contribution in [2.45, 2.75) is 6.54 Å². The second-order valence-electron chi connectivity index (χ2n) is 4.89. The Balaban J connectivity index is 2.26. The summed E-state index contributed by atoms with van der Waals surface area (Å²) >= 11 is 6.11. The number of methoxy groups -OCH3 is 3. The highest BCUT2D eigenvalue weighted by Crippen LogP contribution is 2.38. The maximum Gasteiger partial charge on any atom is 0.335 e. The topological polar surface area (TPSA) is 77.0 Å². The van der Waals surface area contributed by atoms with Gasteiger partial charge in [0.25, 0.3) is 0 Å². The summed E-state index contributed by atoms with van der Waals surface area (Å²) in [5, 5.41) is 12.6. The van der Waals surface area contributed by atoms with Gasteiger partial charge in [0.2, 0.25) is 5.75 Å². The van der Waals surface area contributed by atoms with Crippen molar-refractivity contribution in [1.29, 1.82) is 0 Å². The van der Waals surface area contributed by atoms with Crippen molar-refractivity contribution in [3.05, 3.63) is 46.5 Å². The number of benzene rings is 2. The van der Waals surface area contributed by atoms with Gasteiger partial charge in [-0.15, -0.1) is 0 Å². The lowest BCUT2D eigenvalue weighted by Crippen LogP contribution is -2.04. The molecule has 0 aliphatic carbocycles. The molecule has 0 saturated heterocycles. The molecule has 2 aromatic carbocycles. The van der Waals surface area contributed by atoms with Crippen LogP contribution in [-0.4, -0.2) is 32.4 Å². The number of hydrogen-bond donors (Lipinski definition) is 2. The molecule has 0 heterocycles. The minimum atomic E-state index is -1.01. The first-order valence-electron chi connectivity index (χ1n) is 7.05. The van der Waals surface area contributed by atoms with Crippen molar-refractivity contribution in [2.24, 2.45) is 0 Å². The lowest BCUT2D eigenvalue weighted by atomic mass is 10.1. The van der Waals surface area contributed by atoms with Crippen molar-refractivity contribution in [1.82, 2.24) is 0 Å². The van der Waals surface area contributed by atoms with Crippen LogP contribution in [0.25, 0.3) is 0 Å². The van der Waals surface area contributed by atoms with E-state index >= 15 is 0 Å². The third kappa shape index (κ3) is 3.83. The third-order valence-corrected chi connectivity index (χ3v) is 3.75. The van der Waals surface area contributed by atoms with Gasteiger partial charge in [-0.25, -0.2) is 4.79 Å². The molecular formula is C17H18ClNO5. The van der Waals surface area contributed by atoms with Crippen molar-refractivity contribution >= 4 is 23.3 Å². The lowest BCUT2D eigenvalue weighted by molar-refractivity contribution is 0.0697. The number of hydrogen-bond acceptors (Lipinski definition) is 5. The SMILES string of the molecule is COc1cc(CNc2cc(C(=O)O)ccc2Cl)cc(OC)c1OC. The van der Waals surface area contributed by atoms with E-state index in [0.29, 0.717) is 34.5 Å². The number of nitrogens with one attached hydrogen (secondary N) is 1. The fourth-order valence-electron chi connectivity index (χ4n) is 2.23. The Morgan fingerprint density at radius 3 is 2.21 bits per heavy atom. The second-order valence-corrected chi connectivity index (χ2v) is 5.29. The van der Waals surface area contributed by atoms with E-state index in [1.54, 1.807) is 20.3 Å². The number of carboxylic acid groups (broad SMARTS) is 1. The minimum absolute atomic E-state index is 0.159. The molecule has 24 heavy (non-hydrogen) atoms. The van der Waals surface area contributed by atoms with Crippen LogP contribution >= 0.6 is 11.6 Å². The van der Waals surface area contributed by atoms with Gasteiger partial charge in [-0.1, -0.05) is 11.6 Å². The van der Waals surface area contributed by atoms with Gasteiger partial charge in [-0.3, -0.25) is 0 Å². The Bertz CT molecular complexity index is 723.